The second-order valence-electron chi connectivity index (χ2n) is 5.29. The van der Waals surface area contributed by atoms with Crippen LogP contribution in [0.2, 0.25) is 0 Å². The first kappa shape index (κ1) is 16.3. The average Bonchev–Trinajstić information content (AvgIpc) is 2.35. The van der Waals surface area contributed by atoms with Crippen LogP contribution in [0, 0.1) is 0 Å². The molecule has 1 aliphatic carbocycles. The summed E-state index contributed by atoms with van der Waals surface area (Å²) < 4.78 is 0. The van der Waals surface area contributed by atoms with Crippen molar-refractivity contribution >= 4 is 23.6 Å². The maximum absolute atomic E-state index is 12.1. The third-order valence-corrected chi connectivity index (χ3v) is 4.30. The highest BCUT2D eigenvalue weighted by Crippen LogP contribution is 2.31. The number of hydrogen-bond donors (Lipinski definition) is 3. The van der Waals surface area contributed by atoms with Gasteiger partial charge in [0.05, 0.1) is 18.0 Å². The van der Waals surface area contributed by atoms with Crippen LogP contribution in [0.15, 0.2) is 0 Å². The number of aliphatic carboxylic acids is 1. The number of hydrogen-bond acceptors (Lipinski definition) is 4. The molecule has 1 saturated carbocycles. The summed E-state index contributed by atoms with van der Waals surface area (Å²) in [5.41, 5.74) is 5.25. The normalized spacial score (nSPS) is 19.7. The Balaban J connectivity index is 2.61. The first-order chi connectivity index (χ1) is 8.99. The molecule has 1 amide bonds. The molecule has 0 aromatic carbocycles. The molecule has 6 heteroatoms. The fourth-order valence-electron chi connectivity index (χ4n) is 2.59. The second-order valence-corrected chi connectivity index (χ2v) is 6.27. The van der Waals surface area contributed by atoms with Crippen molar-refractivity contribution in [3.63, 3.8) is 0 Å². The topological polar surface area (TPSA) is 92.4 Å². The molecule has 0 saturated heterocycles. The van der Waals surface area contributed by atoms with Gasteiger partial charge < -0.3 is 16.2 Å². The minimum atomic E-state index is -0.861. The largest absolute Gasteiger partial charge is 0.481 e. The standard InChI is InChI=1S/C13H24N2O3S/c1-19-8-5-10(14)12(18)15-13(9-11(16)17)6-3-2-4-7-13/h10H,2-9,14H2,1H3,(H,15,18)(H,16,17)/t10-/m1/s1. The summed E-state index contributed by atoms with van der Waals surface area (Å²) in [7, 11) is 0. The molecule has 1 aliphatic rings. The van der Waals surface area contributed by atoms with Crippen LogP contribution < -0.4 is 11.1 Å². The minimum absolute atomic E-state index is 0.00596. The zero-order valence-corrected chi connectivity index (χ0v) is 12.3. The van der Waals surface area contributed by atoms with Crippen molar-refractivity contribution in [2.45, 2.75) is 56.5 Å². The van der Waals surface area contributed by atoms with E-state index in [2.05, 4.69) is 5.32 Å². The van der Waals surface area contributed by atoms with E-state index >= 15 is 0 Å². The smallest absolute Gasteiger partial charge is 0.305 e. The summed E-state index contributed by atoms with van der Waals surface area (Å²) in [6.45, 7) is 0. The van der Waals surface area contributed by atoms with Crippen molar-refractivity contribution in [3.8, 4) is 0 Å². The number of nitrogens with two attached hydrogens (primary N) is 1. The Hall–Kier alpha value is -0.750. The van der Waals surface area contributed by atoms with E-state index in [0.29, 0.717) is 6.42 Å². The van der Waals surface area contributed by atoms with Crippen LogP contribution in [0.5, 0.6) is 0 Å². The van der Waals surface area contributed by atoms with Gasteiger partial charge in [0.15, 0.2) is 0 Å². The molecule has 0 radical (unpaired) electrons. The molecule has 0 aromatic rings. The molecule has 0 aliphatic heterocycles. The SMILES string of the molecule is CSCC[C@@H](N)C(=O)NC1(CC(=O)O)CCCCC1. The Morgan fingerprint density at radius 3 is 2.53 bits per heavy atom. The molecular weight excluding hydrogens is 264 g/mol. The average molecular weight is 288 g/mol. The number of thioether (sulfide) groups is 1. The molecule has 0 aromatic heterocycles. The third-order valence-electron chi connectivity index (χ3n) is 3.66. The highest BCUT2D eigenvalue weighted by molar-refractivity contribution is 7.98. The maximum atomic E-state index is 12.1. The Labute approximate surface area is 118 Å². The molecule has 4 N–H and O–H groups in total. The number of rotatable bonds is 7. The molecule has 1 fully saturated rings. The van der Waals surface area contributed by atoms with E-state index in [1.807, 2.05) is 6.26 Å². The van der Waals surface area contributed by atoms with Crippen LogP contribution in [0.3, 0.4) is 0 Å². The summed E-state index contributed by atoms with van der Waals surface area (Å²) in [5.74, 6) is -0.238. The van der Waals surface area contributed by atoms with Gasteiger partial charge in [0.2, 0.25) is 5.91 Å². The zero-order valence-electron chi connectivity index (χ0n) is 11.5. The summed E-state index contributed by atoms with van der Waals surface area (Å²) >= 11 is 1.65. The first-order valence-electron chi connectivity index (χ1n) is 6.77. The van der Waals surface area contributed by atoms with Crippen LogP contribution in [-0.2, 0) is 9.59 Å². The lowest BCUT2D eigenvalue weighted by molar-refractivity contribution is -0.139. The van der Waals surface area contributed by atoms with E-state index in [1.165, 1.54) is 0 Å². The molecule has 1 atom stereocenters. The lowest BCUT2D eigenvalue weighted by Gasteiger charge is -2.37. The van der Waals surface area contributed by atoms with Gasteiger partial charge in [-0.2, -0.15) is 11.8 Å². The molecule has 0 unspecified atom stereocenters. The maximum Gasteiger partial charge on any atom is 0.305 e. The Morgan fingerprint density at radius 2 is 2.00 bits per heavy atom. The summed E-state index contributed by atoms with van der Waals surface area (Å²) in [5, 5.41) is 12.0. The van der Waals surface area contributed by atoms with Gasteiger partial charge in [0, 0.05) is 0 Å². The van der Waals surface area contributed by atoms with Crippen molar-refractivity contribution in [2.24, 2.45) is 5.73 Å². The van der Waals surface area contributed by atoms with Crippen molar-refractivity contribution in [2.75, 3.05) is 12.0 Å². The Morgan fingerprint density at radius 1 is 1.37 bits per heavy atom. The van der Waals surface area contributed by atoms with Crippen molar-refractivity contribution in [1.82, 2.24) is 5.32 Å². The van der Waals surface area contributed by atoms with Gasteiger partial charge in [-0.1, -0.05) is 19.3 Å². The van der Waals surface area contributed by atoms with Crippen LogP contribution in [0.4, 0.5) is 0 Å². The fourth-order valence-corrected chi connectivity index (χ4v) is 3.08. The first-order valence-corrected chi connectivity index (χ1v) is 8.17. The highest BCUT2D eigenvalue weighted by atomic mass is 32.2. The van der Waals surface area contributed by atoms with E-state index in [9.17, 15) is 9.59 Å². The van der Waals surface area contributed by atoms with E-state index < -0.39 is 17.6 Å². The zero-order chi connectivity index (χ0) is 14.3. The summed E-state index contributed by atoms with van der Waals surface area (Å²) in [6, 6.07) is -0.542. The predicted molar refractivity (Wildman–Crippen MR) is 77.2 cm³/mol. The molecule has 5 nitrogen and oxygen atoms in total. The van der Waals surface area contributed by atoms with Crippen LogP contribution in [-0.4, -0.2) is 40.6 Å². The Kier molecular flexibility index (Phi) is 6.65. The van der Waals surface area contributed by atoms with Gasteiger partial charge in [-0.15, -0.1) is 0 Å². The van der Waals surface area contributed by atoms with Gasteiger partial charge in [0.1, 0.15) is 0 Å². The Bertz CT molecular complexity index is 317. The summed E-state index contributed by atoms with van der Waals surface area (Å²) in [4.78, 5) is 23.1. The quantitative estimate of drug-likeness (QED) is 0.658. The molecule has 1 rings (SSSR count). The second kappa shape index (κ2) is 7.75. The number of carboxylic acid groups (broad SMARTS) is 1. The number of nitrogens with one attached hydrogen (secondary N) is 1. The van der Waals surface area contributed by atoms with Gasteiger partial charge in [0.25, 0.3) is 0 Å². The van der Waals surface area contributed by atoms with Gasteiger partial charge in [-0.05, 0) is 31.3 Å². The fraction of sp³-hybridized carbons (Fsp3) is 0.846. The van der Waals surface area contributed by atoms with Gasteiger partial charge >= 0.3 is 5.97 Å². The third kappa shape index (κ3) is 5.40. The van der Waals surface area contributed by atoms with Crippen molar-refractivity contribution in [3.05, 3.63) is 0 Å². The monoisotopic (exact) mass is 288 g/mol. The van der Waals surface area contributed by atoms with E-state index in [0.717, 1.165) is 37.9 Å². The molecular formula is C13H24N2O3S. The lowest BCUT2D eigenvalue weighted by Crippen LogP contribution is -2.55. The number of carbonyl (C=O) groups excluding carboxylic acids is 1. The van der Waals surface area contributed by atoms with Crippen LogP contribution in [0.1, 0.15) is 44.9 Å². The molecule has 0 heterocycles. The van der Waals surface area contributed by atoms with E-state index in [1.54, 1.807) is 11.8 Å². The number of carbonyl (C=O) groups is 2. The molecule has 110 valence electrons. The van der Waals surface area contributed by atoms with Crippen molar-refractivity contribution in [1.29, 1.82) is 0 Å². The summed E-state index contributed by atoms with van der Waals surface area (Å²) in [6.07, 6.45) is 7.10. The predicted octanol–water partition coefficient (Wildman–Crippen LogP) is 1.36. The minimum Gasteiger partial charge on any atom is -0.481 e. The number of amides is 1. The van der Waals surface area contributed by atoms with Crippen molar-refractivity contribution < 1.29 is 14.7 Å². The highest BCUT2D eigenvalue weighted by Gasteiger charge is 2.36. The van der Waals surface area contributed by atoms with Crippen LogP contribution >= 0.6 is 11.8 Å². The van der Waals surface area contributed by atoms with Crippen LogP contribution in [0.25, 0.3) is 0 Å². The van der Waals surface area contributed by atoms with Gasteiger partial charge in [-0.25, -0.2) is 0 Å². The van der Waals surface area contributed by atoms with E-state index in [-0.39, 0.29) is 12.3 Å². The molecule has 19 heavy (non-hydrogen) atoms. The number of carboxylic acids is 1. The van der Waals surface area contributed by atoms with E-state index in [4.69, 9.17) is 10.8 Å². The molecule has 0 spiro atoms. The van der Waals surface area contributed by atoms with Gasteiger partial charge in [-0.3, -0.25) is 9.59 Å². The lowest BCUT2D eigenvalue weighted by atomic mass is 9.79. The molecule has 0 bridgehead atoms.